The Morgan fingerprint density at radius 1 is 1.11 bits per heavy atom. The first-order valence-electron chi connectivity index (χ1n) is 10.8. The molecule has 0 saturated carbocycles. The Hall–Kier alpha value is -4.38. The summed E-state index contributed by atoms with van der Waals surface area (Å²) in [4.78, 5) is 37.2. The Bertz CT molecular complexity index is 1610. The molecule has 0 bridgehead atoms. The minimum atomic E-state index is -0.948. The third-order valence-corrected chi connectivity index (χ3v) is 6.42. The molecule has 11 heteroatoms. The first kappa shape index (κ1) is 22.4. The van der Waals surface area contributed by atoms with E-state index in [4.69, 9.17) is 9.47 Å². The molecular weight excluding hydrogens is 456 g/mol. The number of rotatable bonds is 4. The molecule has 0 saturated heterocycles. The van der Waals surface area contributed by atoms with Gasteiger partial charge in [-0.15, -0.1) is 0 Å². The van der Waals surface area contributed by atoms with Crippen LogP contribution in [0.15, 0.2) is 52.1 Å². The van der Waals surface area contributed by atoms with E-state index in [-0.39, 0.29) is 23.6 Å². The third-order valence-electron chi connectivity index (χ3n) is 6.42. The van der Waals surface area contributed by atoms with E-state index in [1.54, 1.807) is 26.3 Å². The molecule has 180 valence electrons. The number of methoxy groups -OCH3 is 1. The monoisotopic (exact) mass is 478 g/mol. The van der Waals surface area contributed by atoms with E-state index in [0.717, 1.165) is 10.1 Å². The number of phenols is 1. The van der Waals surface area contributed by atoms with Crippen LogP contribution in [-0.2, 0) is 25.4 Å². The molecule has 1 atom stereocenters. The second-order valence-electron chi connectivity index (χ2n) is 8.29. The SMILES string of the molecule is COc1ccc(-c2c3c(=O)n(C)c(=O)n(C)c3c3n2CCO[C@@H]3c2cc([N+](=O)[O-])ccc2O)cc1. The molecule has 0 spiro atoms. The molecule has 0 radical (unpaired) electrons. The van der Waals surface area contributed by atoms with Gasteiger partial charge in [-0.3, -0.25) is 24.0 Å². The zero-order valence-corrected chi connectivity index (χ0v) is 19.2. The minimum Gasteiger partial charge on any atom is -0.508 e. The molecule has 0 unspecified atom stereocenters. The summed E-state index contributed by atoms with van der Waals surface area (Å²) in [6.07, 6.45) is -0.948. The lowest BCUT2D eigenvalue weighted by Crippen LogP contribution is -2.37. The Morgan fingerprint density at radius 2 is 1.83 bits per heavy atom. The maximum Gasteiger partial charge on any atom is 0.331 e. The number of nitrogens with zero attached hydrogens (tertiary/aromatic N) is 4. The van der Waals surface area contributed by atoms with Crippen molar-refractivity contribution in [2.45, 2.75) is 12.6 Å². The summed E-state index contributed by atoms with van der Waals surface area (Å²) < 4.78 is 15.6. The van der Waals surface area contributed by atoms with E-state index in [2.05, 4.69) is 0 Å². The van der Waals surface area contributed by atoms with Gasteiger partial charge in [0.25, 0.3) is 11.2 Å². The molecule has 4 aromatic rings. The first-order chi connectivity index (χ1) is 16.7. The van der Waals surface area contributed by atoms with Crippen molar-refractivity contribution >= 4 is 16.6 Å². The van der Waals surface area contributed by atoms with Gasteiger partial charge in [-0.2, -0.15) is 0 Å². The highest BCUT2D eigenvalue weighted by Crippen LogP contribution is 2.43. The lowest BCUT2D eigenvalue weighted by Gasteiger charge is -2.28. The van der Waals surface area contributed by atoms with Crippen LogP contribution in [-0.4, -0.2) is 37.4 Å². The topological polar surface area (TPSA) is 131 Å². The van der Waals surface area contributed by atoms with Crippen molar-refractivity contribution in [2.24, 2.45) is 14.1 Å². The number of nitro groups is 1. The Balaban J connectivity index is 1.90. The standard InChI is InChI=1S/C24H22N4O7/c1-25-20-18(23(30)26(2)24(25)31)19(13-4-7-15(34-3)8-5-13)27-10-11-35-22(21(20)27)16-12-14(28(32)33)6-9-17(16)29/h4-9,12,22,29H,10-11H2,1-3H3/t22-/m1/s1. The normalized spacial score (nSPS) is 15.2. The fourth-order valence-corrected chi connectivity index (χ4v) is 4.73. The lowest BCUT2D eigenvalue weighted by atomic mass is 10.0. The van der Waals surface area contributed by atoms with Crippen molar-refractivity contribution in [1.82, 2.24) is 13.7 Å². The number of phenolic OH excluding ortho intramolecular Hbond substituents is 1. The first-order valence-corrected chi connectivity index (χ1v) is 10.8. The average molecular weight is 478 g/mol. The van der Waals surface area contributed by atoms with Gasteiger partial charge in [0, 0.05) is 38.3 Å². The predicted octanol–water partition coefficient (Wildman–Crippen LogP) is 2.45. The summed E-state index contributed by atoms with van der Waals surface area (Å²) in [6, 6.07) is 10.9. The number of hydrogen-bond donors (Lipinski definition) is 1. The summed E-state index contributed by atoms with van der Waals surface area (Å²) in [5.74, 6) is 0.453. The zero-order valence-electron chi connectivity index (χ0n) is 19.2. The fraction of sp³-hybridized carbons (Fsp3) is 0.250. The molecule has 35 heavy (non-hydrogen) atoms. The summed E-state index contributed by atoms with van der Waals surface area (Å²) in [5.41, 5.74) is 1.09. The van der Waals surface area contributed by atoms with E-state index in [0.29, 0.717) is 34.6 Å². The minimum absolute atomic E-state index is 0.175. The van der Waals surface area contributed by atoms with E-state index < -0.39 is 22.3 Å². The highest BCUT2D eigenvalue weighted by Gasteiger charge is 2.35. The number of benzene rings is 2. The van der Waals surface area contributed by atoms with Gasteiger partial charge in [-0.1, -0.05) is 0 Å². The molecule has 11 nitrogen and oxygen atoms in total. The molecule has 3 heterocycles. The number of hydrogen-bond acceptors (Lipinski definition) is 7. The van der Waals surface area contributed by atoms with Crippen LogP contribution in [0, 0.1) is 10.1 Å². The molecule has 0 fully saturated rings. The second-order valence-corrected chi connectivity index (χ2v) is 8.29. The van der Waals surface area contributed by atoms with Gasteiger partial charge in [0.05, 0.1) is 40.9 Å². The molecule has 1 aliphatic heterocycles. The highest BCUT2D eigenvalue weighted by molar-refractivity contribution is 5.96. The molecule has 0 aliphatic carbocycles. The number of aryl methyl sites for hydroxylation is 1. The molecule has 1 aliphatic rings. The number of non-ortho nitro benzene ring substituents is 1. The van der Waals surface area contributed by atoms with Gasteiger partial charge in [0.1, 0.15) is 17.6 Å². The van der Waals surface area contributed by atoms with Crippen LogP contribution in [0.25, 0.3) is 22.2 Å². The number of ether oxygens (including phenoxy) is 2. The van der Waals surface area contributed by atoms with Crippen LogP contribution in [0.2, 0.25) is 0 Å². The maximum atomic E-state index is 13.4. The fourth-order valence-electron chi connectivity index (χ4n) is 4.73. The van der Waals surface area contributed by atoms with E-state index in [1.165, 1.54) is 29.8 Å². The Labute approximate surface area is 198 Å². The number of aromatic hydroxyl groups is 1. The Kier molecular flexibility index (Phi) is 5.21. The molecule has 0 amide bonds. The maximum absolute atomic E-state index is 13.4. The summed E-state index contributed by atoms with van der Waals surface area (Å²) >= 11 is 0. The van der Waals surface area contributed by atoms with Crippen molar-refractivity contribution < 1.29 is 19.5 Å². The second kappa shape index (κ2) is 8.13. The highest BCUT2D eigenvalue weighted by atomic mass is 16.6. The molecule has 5 rings (SSSR count). The van der Waals surface area contributed by atoms with Gasteiger partial charge >= 0.3 is 5.69 Å². The van der Waals surface area contributed by atoms with Gasteiger partial charge in [-0.05, 0) is 35.9 Å². The van der Waals surface area contributed by atoms with Crippen LogP contribution < -0.4 is 16.0 Å². The van der Waals surface area contributed by atoms with E-state index in [9.17, 15) is 24.8 Å². The van der Waals surface area contributed by atoms with Crippen molar-refractivity contribution in [3.8, 4) is 22.8 Å². The van der Waals surface area contributed by atoms with Gasteiger partial charge in [0.15, 0.2) is 0 Å². The third kappa shape index (κ3) is 3.31. The summed E-state index contributed by atoms with van der Waals surface area (Å²) in [7, 11) is 4.53. The average Bonchev–Trinajstić information content (AvgIpc) is 3.22. The Morgan fingerprint density at radius 3 is 2.49 bits per heavy atom. The van der Waals surface area contributed by atoms with Crippen LogP contribution in [0.1, 0.15) is 17.4 Å². The van der Waals surface area contributed by atoms with Crippen LogP contribution >= 0.6 is 0 Å². The van der Waals surface area contributed by atoms with Crippen molar-refractivity contribution in [2.75, 3.05) is 13.7 Å². The van der Waals surface area contributed by atoms with Crippen LogP contribution in [0.4, 0.5) is 5.69 Å². The predicted molar refractivity (Wildman–Crippen MR) is 127 cm³/mol. The molecular formula is C24H22N4O7. The largest absolute Gasteiger partial charge is 0.508 e. The quantitative estimate of drug-likeness (QED) is 0.352. The summed E-state index contributed by atoms with van der Waals surface area (Å²) in [5, 5.41) is 22.3. The van der Waals surface area contributed by atoms with Crippen molar-refractivity contribution in [1.29, 1.82) is 0 Å². The van der Waals surface area contributed by atoms with Crippen molar-refractivity contribution in [3.05, 3.63) is 84.7 Å². The van der Waals surface area contributed by atoms with Crippen molar-refractivity contribution in [3.63, 3.8) is 0 Å². The van der Waals surface area contributed by atoms with Crippen LogP contribution in [0.3, 0.4) is 0 Å². The van der Waals surface area contributed by atoms with Crippen LogP contribution in [0.5, 0.6) is 11.5 Å². The zero-order chi connectivity index (χ0) is 25.0. The lowest BCUT2D eigenvalue weighted by molar-refractivity contribution is -0.385. The number of aromatic nitrogens is 3. The molecule has 2 aromatic carbocycles. The van der Waals surface area contributed by atoms with E-state index in [1.807, 2.05) is 16.7 Å². The molecule has 1 N–H and O–H groups in total. The smallest absolute Gasteiger partial charge is 0.331 e. The van der Waals surface area contributed by atoms with Gasteiger partial charge in [0.2, 0.25) is 0 Å². The van der Waals surface area contributed by atoms with Gasteiger partial charge in [-0.25, -0.2) is 4.79 Å². The molecule has 2 aromatic heterocycles. The number of nitro benzene ring substituents is 1. The summed E-state index contributed by atoms with van der Waals surface area (Å²) in [6.45, 7) is 0.590. The van der Waals surface area contributed by atoms with E-state index >= 15 is 0 Å². The number of fused-ring (bicyclic) bond motifs is 3. The van der Waals surface area contributed by atoms with Gasteiger partial charge < -0.3 is 19.1 Å².